The molecule has 0 unspecified atom stereocenters. The molecule has 0 saturated heterocycles. The number of aromatic nitrogens is 2. The summed E-state index contributed by atoms with van der Waals surface area (Å²) in [6, 6.07) is 7.77. The minimum Gasteiger partial charge on any atom is -0.454 e. The number of nitrogens with two attached hydrogens (primary N) is 1. The predicted octanol–water partition coefficient (Wildman–Crippen LogP) is 1.68. The Morgan fingerprint density at radius 2 is 2.00 bits per heavy atom. The smallest absolute Gasteiger partial charge is 0.231 e. The first-order chi connectivity index (χ1) is 9.26. The fraction of sp³-hybridized carbons (Fsp3) is 0.286. The monoisotopic (exact) mass is 257 g/mol. The molecule has 1 aliphatic heterocycles. The zero-order valence-electron chi connectivity index (χ0n) is 10.7. The van der Waals surface area contributed by atoms with Crippen LogP contribution < -0.4 is 15.2 Å². The minimum atomic E-state index is 0.278. The summed E-state index contributed by atoms with van der Waals surface area (Å²) >= 11 is 0. The third-order valence-electron chi connectivity index (χ3n) is 2.94. The molecule has 2 N–H and O–H groups in total. The SMILES string of the molecule is Cc1cc(-c2ccc3c(c2)OCO3)nc(CCN)n1. The Labute approximate surface area is 111 Å². The molecule has 0 aliphatic carbocycles. The molecule has 1 aromatic carbocycles. The van der Waals surface area contributed by atoms with Crippen LogP contribution >= 0.6 is 0 Å². The molecule has 0 saturated carbocycles. The molecular weight excluding hydrogens is 242 g/mol. The normalized spacial score (nSPS) is 12.7. The standard InChI is InChI=1S/C14H15N3O2/c1-9-6-11(17-14(16-9)4-5-15)10-2-3-12-13(7-10)19-8-18-12/h2-3,6-7H,4-5,8,15H2,1H3. The molecule has 3 rings (SSSR count). The van der Waals surface area contributed by atoms with Gasteiger partial charge in [0.05, 0.1) is 5.69 Å². The van der Waals surface area contributed by atoms with Crippen LogP contribution in [0.2, 0.25) is 0 Å². The lowest BCUT2D eigenvalue weighted by atomic mass is 10.1. The van der Waals surface area contributed by atoms with Crippen LogP contribution in [-0.2, 0) is 6.42 Å². The molecule has 0 spiro atoms. The summed E-state index contributed by atoms with van der Waals surface area (Å²) < 4.78 is 10.7. The second-order valence-corrected chi connectivity index (χ2v) is 4.42. The van der Waals surface area contributed by atoms with Crippen molar-refractivity contribution in [2.75, 3.05) is 13.3 Å². The second-order valence-electron chi connectivity index (χ2n) is 4.42. The van der Waals surface area contributed by atoms with Crippen LogP contribution in [0.3, 0.4) is 0 Å². The van der Waals surface area contributed by atoms with Gasteiger partial charge in [0.2, 0.25) is 6.79 Å². The maximum atomic E-state index is 5.56. The lowest BCUT2D eigenvalue weighted by Gasteiger charge is -2.06. The summed E-state index contributed by atoms with van der Waals surface area (Å²) in [4.78, 5) is 8.91. The number of hydrogen-bond acceptors (Lipinski definition) is 5. The highest BCUT2D eigenvalue weighted by Crippen LogP contribution is 2.35. The van der Waals surface area contributed by atoms with E-state index in [0.717, 1.165) is 34.3 Å². The van der Waals surface area contributed by atoms with E-state index in [1.165, 1.54) is 0 Å². The Morgan fingerprint density at radius 3 is 2.84 bits per heavy atom. The number of benzene rings is 1. The number of rotatable bonds is 3. The number of ether oxygens (including phenoxy) is 2. The van der Waals surface area contributed by atoms with Crippen molar-refractivity contribution in [1.29, 1.82) is 0 Å². The largest absolute Gasteiger partial charge is 0.454 e. The van der Waals surface area contributed by atoms with E-state index in [0.29, 0.717) is 13.0 Å². The number of nitrogens with zero attached hydrogens (tertiary/aromatic N) is 2. The Hall–Kier alpha value is -2.14. The Bertz CT molecular complexity index is 614. The average Bonchev–Trinajstić information content (AvgIpc) is 2.85. The van der Waals surface area contributed by atoms with Crippen LogP contribution in [0.15, 0.2) is 24.3 Å². The number of hydrogen-bond donors (Lipinski definition) is 1. The van der Waals surface area contributed by atoms with Crippen molar-refractivity contribution in [1.82, 2.24) is 9.97 Å². The van der Waals surface area contributed by atoms with E-state index < -0.39 is 0 Å². The molecule has 2 aromatic rings. The van der Waals surface area contributed by atoms with Crippen LogP contribution in [0.4, 0.5) is 0 Å². The van der Waals surface area contributed by atoms with Crippen LogP contribution in [-0.4, -0.2) is 23.3 Å². The molecule has 2 heterocycles. The van der Waals surface area contributed by atoms with Crippen molar-refractivity contribution >= 4 is 0 Å². The summed E-state index contributed by atoms with van der Waals surface area (Å²) in [6.07, 6.45) is 0.680. The molecule has 1 aliphatic rings. The highest BCUT2D eigenvalue weighted by atomic mass is 16.7. The van der Waals surface area contributed by atoms with Crippen molar-refractivity contribution in [3.8, 4) is 22.8 Å². The summed E-state index contributed by atoms with van der Waals surface area (Å²) in [6.45, 7) is 2.78. The van der Waals surface area contributed by atoms with E-state index in [4.69, 9.17) is 15.2 Å². The summed E-state index contributed by atoms with van der Waals surface area (Å²) in [5, 5.41) is 0. The zero-order valence-corrected chi connectivity index (χ0v) is 10.7. The molecular formula is C14H15N3O2. The molecule has 0 amide bonds. The minimum absolute atomic E-state index is 0.278. The van der Waals surface area contributed by atoms with Crippen molar-refractivity contribution in [3.05, 3.63) is 35.8 Å². The first kappa shape index (κ1) is 11.9. The fourth-order valence-corrected chi connectivity index (χ4v) is 2.07. The molecule has 0 fully saturated rings. The zero-order chi connectivity index (χ0) is 13.2. The van der Waals surface area contributed by atoms with Crippen LogP contribution in [0, 0.1) is 6.92 Å². The molecule has 19 heavy (non-hydrogen) atoms. The van der Waals surface area contributed by atoms with Gasteiger partial charge < -0.3 is 15.2 Å². The van der Waals surface area contributed by atoms with E-state index in [1.54, 1.807) is 0 Å². The average molecular weight is 257 g/mol. The van der Waals surface area contributed by atoms with Gasteiger partial charge in [-0.15, -0.1) is 0 Å². The number of aryl methyl sites for hydroxylation is 1. The van der Waals surface area contributed by atoms with E-state index in [-0.39, 0.29) is 6.79 Å². The van der Waals surface area contributed by atoms with Crippen LogP contribution in [0.1, 0.15) is 11.5 Å². The van der Waals surface area contributed by atoms with E-state index in [1.807, 2.05) is 31.2 Å². The van der Waals surface area contributed by atoms with E-state index in [9.17, 15) is 0 Å². The van der Waals surface area contributed by atoms with Gasteiger partial charge in [-0.25, -0.2) is 9.97 Å². The molecule has 0 bridgehead atoms. The van der Waals surface area contributed by atoms with Gasteiger partial charge in [-0.1, -0.05) is 0 Å². The first-order valence-electron chi connectivity index (χ1n) is 6.21. The van der Waals surface area contributed by atoms with Crippen molar-refractivity contribution in [3.63, 3.8) is 0 Å². The first-order valence-corrected chi connectivity index (χ1v) is 6.21. The summed E-state index contributed by atoms with van der Waals surface area (Å²) in [5.74, 6) is 2.31. The quantitative estimate of drug-likeness (QED) is 0.906. The van der Waals surface area contributed by atoms with Gasteiger partial charge in [-0.05, 0) is 37.7 Å². The predicted molar refractivity (Wildman–Crippen MR) is 71.1 cm³/mol. The third kappa shape index (κ3) is 2.37. The summed E-state index contributed by atoms with van der Waals surface area (Å²) in [7, 11) is 0. The van der Waals surface area contributed by atoms with Gasteiger partial charge in [0.25, 0.3) is 0 Å². The highest BCUT2D eigenvalue weighted by molar-refractivity contribution is 5.64. The topological polar surface area (TPSA) is 70.3 Å². The molecule has 98 valence electrons. The maximum Gasteiger partial charge on any atom is 0.231 e. The molecule has 1 aromatic heterocycles. The Kier molecular flexibility index (Phi) is 3.05. The van der Waals surface area contributed by atoms with Gasteiger partial charge >= 0.3 is 0 Å². The lowest BCUT2D eigenvalue weighted by Crippen LogP contribution is -2.07. The molecule has 0 radical (unpaired) electrons. The van der Waals surface area contributed by atoms with Crippen molar-refractivity contribution in [2.45, 2.75) is 13.3 Å². The molecule has 5 heteroatoms. The van der Waals surface area contributed by atoms with Gasteiger partial charge in [-0.2, -0.15) is 0 Å². The lowest BCUT2D eigenvalue weighted by molar-refractivity contribution is 0.174. The van der Waals surface area contributed by atoms with Crippen LogP contribution in [0.25, 0.3) is 11.3 Å². The van der Waals surface area contributed by atoms with E-state index >= 15 is 0 Å². The molecule has 5 nitrogen and oxygen atoms in total. The highest BCUT2D eigenvalue weighted by Gasteiger charge is 2.14. The maximum absolute atomic E-state index is 5.56. The third-order valence-corrected chi connectivity index (χ3v) is 2.94. The Morgan fingerprint density at radius 1 is 1.16 bits per heavy atom. The van der Waals surface area contributed by atoms with Gasteiger partial charge in [0.1, 0.15) is 5.82 Å². The second kappa shape index (κ2) is 4.85. The Balaban J connectivity index is 2.01. The van der Waals surface area contributed by atoms with Gasteiger partial charge in [0.15, 0.2) is 11.5 Å². The number of fused-ring (bicyclic) bond motifs is 1. The van der Waals surface area contributed by atoms with Crippen LogP contribution in [0.5, 0.6) is 11.5 Å². The summed E-state index contributed by atoms with van der Waals surface area (Å²) in [5.41, 5.74) is 8.37. The van der Waals surface area contributed by atoms with Crippen molar-refractivity contribution < 1.29 is 9.47 Å². The van der Waals surface area contributed by atoms with E-state index in [2.05, 4.69) is 9.97 Å². The van der Waals surface area contributed by atoms with Crippen molar-refractivity contribution in [2.24, 2.45) is 5.73 Å². The van der Waals surface area contributed by atoms with Gasteiger partial charge in [-0.3, -0.25) is 0 Å². The van der Waals surface area contributed by atoms with Gasteiger partial charge in [0, 0.05) is 17.7 Å². The fourth-order valence-electron chi connectivity index (χ4n) is 2.07. The molecule has 0 atom stereocenters.